The predicted octanol–water partition coefficient (Wildman–Crippen LogP) is 3.81. The van der Waals surface area contributed by atoms with Gasteiger partial charge in [0.2, 0.25) is 0 Å². The summed E-state index contributed by atoms with van der Waals surface area (Å²) < 4.78 is 0. The molecule has 0 atom stereocenters. The zero-order valence-corrected chi connectivity index (χ0v) is 11.2. The molecule has 0 saturated heterocycles. The van der Waals surface area contributed by atoms with Crippen LogP contribution < -0.4 is 11.1 Å². The molecule has 0 aliphatic carbocycles. The standard InChI is InChI=1S/C11H8Cl3N3O/c12-6-2-8(14)9(3-7(6)13)17-11(18)10-1-5(15)4-16-10/h1-4,16H,15H2,(H,17,18). The van der Waals surface area contributed by atoms with E-state index in [-0.39, 0.29) is 5.91 Å². The van der Waals surface area contributed by atoms with Gasteiger partial charge in [-0.1, -0.05) is 34.8 Å². The Balaban J connectivity index is 2.24. The Morgan fingerprint density at radius 2 is 1.78 bits per heavy atom. The van der Waals surface area contributed by atoms with Crippen molar-refractivity contribution < 1.29 is 4.79 Å². The number of nitrogens with two attached hydrogens (primary N) is 1. The highest BCUT2D eigenvalue weighted by Gasteiger charge is 2.12. The lowest BCUT2D eigenvalue weighted by atomic mass is 10.3. The van der Waals surface area contributed by atoms with Gasteiger partial charge >= 0.3 is 0 Å². The molecule has 1 aromatic carbocycles. The number of halogens is 3. The van der Waals surface area contributed by atoms with E-state index in [4.69, 9.17) is 40.5 Å². The van der Waals surface area contributed by atoms with Crippen molar-refractivity contribution in [3.63, 3.8) is 0 Å². The molecule has 0 saturated carbocycles. The molecule has 0 spiro atoms. The van der Waals surface area contributed by atoms with Crippen LogP contribution in [-0.4, -0.2) is 10.9 Å². The summed E-state index contributed by atoms with van der Waals surface area (Å²) in [5, 5.41) is 3.54. The molecule has 18 heavy (non-hydrogen) atoms. The molecule has 94 valence electrons. The van der Waals surface area contributed by atoms with Crippen LogP contribution in [-0.2, 0) is 0 Å². The van der Waals surface area contributed by atoms with Gasteiger partial charge in [0.1, 0.15) is 5.69 Å². The van der Waals surface area contributed by atoms with Crippen LogP contribution in [0.1, 0.15) is 10.5 Å². The first-order chi connectivity index (χ1) is 8.47. The van der Waals surface area contributed by atoms with Gasteiger partial charge in [-0.15, -0.1) is 0 Å². The molecule has 4 N–H and O–H groups in total. The first kappa shape index (κ1) is 13.1. The van der Waals surface area contributed by atoms with Gasteiger partial charge in [0.15, 0.2) is 0 Å². The molecular formula is C11H8Cl3N3O. The lowest BCUT2D eigenvalue weighted by Crippen LogP contribution is -2.12. The first-order valence-corrected chi connectivity index (χ1v) is 6.00. The van der Waals surface area contributed by atoms with Crippen molar-refractivity contribution in [2.24, 2.45) is 0 Å². The molecule has 4 nitrogen and oxygen atoms in total. The van der Waals surface area contributed by atoms with Gasteiger partial charge in [0.05, 0.1) is 20.8 Å². The maximum Gasteiger partial charge on any atom is 0.272 e. The van der Waals surface area contributed by atoms with E-state index in [1.165, 1.54) is 24.4 Å². The van der Waals surface area contributed by atoms with E-state index in [0.717, 1.165) is 0 Å². The van der Waals surface area contributed by atoms with Gasteiger partial charge in [-0.2, -0.15) is 0 Å². The third-order valence-corrected chi connectivity index (χ3v) is 3.24. The summed E-state index contributed by atoms with van der Waals surface area (Å²) in [6.45, 7) is 0. The number of hydrogen-bond donors (Lipinski definition) is 3. The van der Waals surface area contributed by atoms with Crippen molar-refractivity contribution in [2.45, 2.75) is 0 Å². The molecule has 0 fully saturated rings. The van der Waals surface area contributed by atoms with E-state index < -0.39 is 0 Å². The zero-order chi connectivity index (χ0) is 13.3. The Bertz CT molecular complexity index is 610. The number of hydrogen-bond acceptors (Lipinski definition) is 2. The number of nitrogens with one attached hydrogen (secondary N) is 2. The van der Waals surface area contributed by atoms with Gasteiger partial charge in [-0.25, -0.2) is 0 Å². The molecule has 7 heteroatoms. The van der Waals surface area contributed by atoms with E-state index in [2.05, 4.69) is 10.3 Å². The second-order valence-corrected chi connectivity index (χ2v) is 4.77. The summed E-state index contributed by atoms with van der Waals surface area (Å²) in [6, 6.07) is 4.46. The van der Waals surface area contributed by atoms with Crippen molar-refractivity contribution in [3.05, 3.63) is 45.2 Å². The molecule has 0 aliphatic heterocycles. The fourth-order valence-electron chi connectivity index (χ4n) is 1.35. The highest BCUT2D eigenvalue weighted by Crippen LogP contribution is 2.32. The van der Waals surface area contributed by atoms with E-state index in [1.807, 2.05) is 0 Å². The van der Waals surface area contributed by atoms with E-state index in [1.54, 1.807) is 0 Å². The third-order valence-electron chi connectivity index (χ3n) is 2.21. The normalized spacial score (nSPS) is 10.4. The Hall–Kier alpha value is -1.36. The Kier molecular flexibility index (Phi) is 3.71. The first-order valence-electron chi connectivity index (χ1n) is 4.87. The number of amides is 1. The molecule has 2 aromatic rings. The highest BCUT2D eigenvalue weighted by molar-refractivity contribution is 6.44. The Morgan fingerprint density at radius 3 is 2.39 bits per heavy atom. The number of anilines is 2. The van der Waals surface area contributed by atoms with Gasteiger partial charge in [0, 0.05) is 11.9 Å². The molecular weight excluding hydrogens is 296 g/mol. The predicted molar refractivity (Wildman–Crippen MR) is 74.6 cm³/mol. The SMILES string of the molecule is Nc1c[nH]c(C(=O)Nc2cc(Cl)c(Cl)cc2Cl)c1. The van der Waals surface area contributed by atoms with Crippen LogP contribution >= 0.6 is 34.8 Å². The van der Waals surface area contributed by atoms with Crippen molar-refractivity contribution in [3.8, 4) is 0 Å². The lowest BCUT2D eigenvalue weighted by molar-refractivity contribution is 0.102. The van der Waals surface area contributed by atoms with Crippen LogP contribution in [0, 0.1) is 0 Å². The number of carbonyl (C=O) groups is 1. The van der Waals surface area contributed by atoms with Crippen molar-refractivity contribution in [1.29, 1.82) is 0 Å². The van der Waals surface area contributed by atoms with Crippen LogP contribution in [0.4, 0.5) is 11.4 Å². The summed E-state index contributed by atoms with van der Waals surface area (Å²) >= 11 is 17.6. The van der Waals surface area contributed by atoms with Gasteiger partial charge in [-0.05, 0) is 18.2 Å². The topological polar surface area (TPSA) is 70.9 Å². The minimum absolute atomic E-state index is 0.303. The second-order valence-electron chi connectivity index (χ2n) is 3.55. The van der Waals surface area contributed by atoms with Crippen LogP contribution in [0.25, 0.3) is 0 Å². The summed E-state index contributed by atoms with van der Waals surface area (Å²) in [4.78, 5) is 14.6. The quantitative estimate of drug-likeness (QED) is 0.738. The molecule has 0 radical (unpaired) electrons. The number of rotatable bonds is 2. The van der Waals surface area contributed by atoms with E-state index in [0.29, 0.717) is 32.1 Å². The Morgan fingerprint density at radius 1 is 1.11 bits per heavy atom. The fraction of sp³-hybridized carbons (Fsp3) is 0. The smallest absolute Gasteiger partial charge is 0.272 e. The number of nitrogen functional groups attached to an aromatic ring is 1. The molecule has 0 unspecified atom stereocenters. The van der Waals surface area contributed by atoms with Crippen molar-refractivity contribution in [2.75, 3.05) is 11.1 Å². The zero-order valence-electron chi connectivity index (χ0n) is 8.93. The second kappa shape index (κ2) is 5.10. The van der Waals surface area contributed by atoms with E-state index >= 15 is 0 Å². The number of aromatic nitrogens is 1. The van der Waals surface area contributed by atoms with Gasteiger partial charge in [0.25, 0.3) is 5.91 Å². The van der Waals surface area contributed by atoms with Gasteiger partial charge in [-0.3, -0.25) is 4.79 Å². The molecule has 1 amide bonds. The van der Waals surface area contributed by atoms with Gasteiger partial charge < -0.3 is 16.0 Å². The average molecular weight is 305 g/mol. The van der Waals surface area contributed by atoms with E-state index in [9.17, 15) is 4.79 Å². The fourth-order valence-corrected chi connectivity index (χ4v) is 1.94. The number of benzene rings is 1. The van der Waals surface area contributed by atoms with Crippen molar-refractivity contribution >= 4 is 52.1 Å². The Labute approximate surface area is 118 Å². The maximum absolute atomic E-state index is 11.8. The van der Waals surface area contributed by atoms with Crippen LogP contribution in [0.3, 0.4) is 0 Å². The van der Waals surface area contributed by atoms with Crippen LogP contribution in [0.15, 0.2) is 24.4 Å². The summed E-state index contributed by atoms with van der Waals surface area (Å²) in [5.41, 5.74) is 6.69. The largest absolute Gasteiger partial charge is 0.397 e. The summed E-state index contributed by atoms with van der Waals surface area (Å²) in [7, 11) is 0. The number of H-pyrrole nitrogens is 1. The summed E-state index contributed by atoms with van der Waals surface area (Å²) in [5.74, 6) is -0.369. The van der Waals surface area contributed by atoms with Crippen LogP contribution in [0.5, 0.6) is 0 Å². The molecule has 0 bridgehead atoms. The molecule has 1 heterocycles. The number of aromatic amines is 1. The highest BCUT2D eigenvalue weighted by atomic mass is 35.5. The monoisotopic (exact) mass is 303 g/mol. The minimum Gasteiger partial charge on any atom is -0.397 e. The number of carbonyl (C=O) groups excluding carboxylic acids is 1. The maximum atomic E-state index is 11.8. The average Bonchev–Trinajstić information content (AvgIpc) is 2.73. The van der Waals surface area contributed by atoms with Crippen LogP contribution in [0.2, 0.25) is 15.1 Å². The van der Waals surface area contributed by atoms with Crippen molar-refractivity contribution in [1.82, 2.24) is 4.98 Å². The third kappa shape index (κ3) is 2.72. The minimum atomic E-state index is -0.369. The molecule has 0 aliphatic rings. The molecule has 1 aromatic heterocycles. The summed E-state index contributed by atoms with van der Waals surface area (Å²) in [6.07, 6.45) is 1.52. The lowest BCUT2D eigenvalue weighted by Gasteiger charge is -2.07. The molecule has 2 rings (SSSR count).